The normalized spacial score (nSPS) is 10.9. The van der Waals surface area contributed by atoms with Crippen LogP contribution >= 0.6 is 0 Å². The molecule has 0 aliphatic carbocycles. The van der Waals surface area contributed by atoms with Crippen LogP contribution < -0.4 is 10.6 Å². The highest BCUT2D eigenvalue weighted by Gasteiger charge is 2.03. The molecule has 24 heavy (non-hydrogen) atoms. The molecular weight excluding hydrogens is 298 g/mol. The molecule has 4 nitrogen and oxygen atoms in total. The van der Waals surface area contributed by atoms with Crippen LogP contribution in [0, 0.1) is 6.92 Å². The lowest BCUT2D eigenvalue weighted by molar-refractivity contribution is -0.114. The predicted octanol–water partition coefficient (Wildman–Crippen LogP) is 3.77. The summed E-state index contributed by atoms with van der Waals surface area (Å²) in [4.78, 5) is 14.4. The van der Waals surface area contributed by atoms with Crippen LogP contribution in [-0.2, 0) is 17.8 Å². The molecule has 1 amide bonds. The van der Waals surface area contributed by atoms with E-state index in [2.05, 4.69) is 46.9 Å². The van der Waals surface area contributed by atoms with E-state index < -0.39 is 0 Å². The fourth-order valence-electron chi connectivity index (χ4n) is 2.87. The summed E-state index contributed by atoms with van der Waals surface area (Å²) in [6, 6.07) is 14.5. The Bertz CT molecular complexity index is 834. The number of benzene rings is 2. The van der Waals surface area contributed by atoms with Crippen molar-refractivity contribution in [3.8, 4) is 0 Å². The minimum Gasteiger partial charge on any atom is -0.361 e. The van der Waals surface area contributed by atoms with Crippen LogP contribution in [0.2, 0.25) is 0 Å². The van der Waals surface area contributed by atoms with E-state index in [0.29, 0.717) is 0 Å². The number of aryl methyl sites for hydroxylation is 1. The van der Waals surface area contributed by atoms with Gasteiger partial charge >= 0.3 is 0 Å². The van der Waals surface area contributed by atoms with E-state index >= 15 is 0 Å². The third kappa shape index (κ3) is 4.03. The first-order valence-electron chi connectivity index (χ1n) is 8.26. The topological polar surface area (TPSA) is 56.9 Å². The summed E-state index contributed by atoms with van der Waals surface area (Å²) in [7, 11) is 0. The van der Waals surface area contributed by atoms with Gasteiger partial charge in [0.2, 0.25) is 5.91 Å². The average molecular weight is 321 g/mol. The van der Waals surface area contributed by atoms with E-state index in [1.165, 1.54) is 34.5 Å². The molecule has 0 spiro atoms. The quantitative estimate of drug-likeness (QED) is 0.605. The second-order valence-corrected chi connectivity index (χ2v) is 6.17. The molecule has 3 aromatic rings. The summed E-state index contributed by atoms with van der Waals surface area (Å²) in [5.74, 6) is -0.0465. The molecule has 0 aliphatic rings. The molecule has 1 heterocycles. The average Bonchev–Trinajstić information content (AvgIpc) is 2.94. The van der Waals surface area contributed by atoms with Crippen molar-refractivity contribution in [2.45, 2.75) is 26.8 Å². The maximum Gasteiger partial charge on any atom is 0.221 e. The van der Waals surface area contributed by atoms with Crippen molar-refractivity contribution >= 4 is 22.5 Å². The number of fused-ring (bicyclic) bond motifs is 1. The van der Waals surface area contributed by atoms with E-state index in [1.54, 1.807) is 0 Å². The molecule has 0 atom stereocenters. The molecule has 124 valence electrons. The number of aromatic nitrogens is 1. The third-order valence-corrected chi connectivity index (χ3v) is 4.10. The lowest BCUT2D eigenvalue weighted by atomic mass is 10.1. The van der Waals surface area contributed by atoms with Gasteiger partial charge in [0, 0.05) is 36.3 Å². The number of nitrogens with one attached hydrogen (secondary N) is 3. The van der Waals surface area contributed by atoms with E-state index in [1.807, 2.05) is 24.3 Å². The van der Waals surface area contributed by atoms with Crippen molar-refractivity contribution in [3.05, 3.63) is 65.4 Å². The van der Waals surface area contributed by atoms with Gasteiger partial charge in [-0.25, -0.2) is 0 Å². The highest BCUT2D eigenvalue weighted by atomic mass is 16.1. The molecule has 0 saturated heterocycles. The van der Waals surface area contributed by atoms with Crippen LogP contribution in [0.5, 0.6) is 0 Å². The van der Waals surface area contributed by atoms with Gasteiger partial charge in [0.25, 0.3) is 0 Å². The molecule has 0 radical (unpaired) electrons. The van der Waals surface area contributed by atoms with Crippen LogP contribution in [0.1, 0.15) is 23.6 Å². The fraction of sp³-hybridized carbons (Fsp3) is 0.250. The first-order chi connectivity index (χ1) is 11.6. The summed E-state index contributed by atoms with van der Waals surface area (Å²) in [6.45, 7) is 5.37. The number of amides is 1. The number of hydrogen-bond acceptors (Lipinski definition) is 2. The van der Waals surface area contributed by atoms with Gasteiger partial charge in [0.1, 0.15) is 0 Å². The minimum absolute atomic E-state index is 0.0465. The highest BCUT2D eigenvalue weighted by molar-refractivity contribution is 5.88. The second-order valence-electron chi connectivity index (χ2n) is 6.17. The SMILES string of the molecule is CC(=O)Nc1ccc(CNCCc2c[nH]c3cc(C)ccc23)cc1. The van der Waals surface area contributed by atoms with Crippen LogP contribution in [0.15, 0.2) is 48.7 Å². The maximum atomic E-state index is 11.0. The van der Waals surface area contributed by atoms with Gasteiger partial charge in [-0.3, -0.25) is 4.79 Å². The summed E-state index contributed by atoms with van der Waals surface area (Å²) in [6.07, 6.45) is 3.10. The molecule has 0 fully saturated rings. The smallest absolute Gasteiger partial charge is 0.221 e. The van der Waals surface area contributed by atoms with Crippen LogP contribution in [0.4, 0.5) is 5.69 Å². The van der Waals surface area contributed by atoms with Gasteiger partial charge in [-0.15, -0.1) is 0 Å². The van der Waals surface area contributed by atoms with Crippen molar-refractivity contribution in [3.63, 3.8) is 0 Å². The van der Waals surface area contributed by atoms with E-state index in [4.69, 9.17) is 0 Å². The molecule has 3 rings (SSSR count). The maximum absolute atomic E-state index is 11.0. The van der Waals surface area contributed by atoms with E-state index in [-0.39, 0.29) is 5.91 Å². The van der Waals surface area contributed by atoms with Crippen molar-refractivity contribution in [1.29, 1.82) is 0 Å². The fourth-order valence-corrected chi connectivity index (χ4v) is 2.87. The Labute approximate surface area is 142 Å². The lowest BCUT2D eigenvalue weighted by Crippen LogP contribution is -2.16. The van der Waals surface area contributed by atoms with Gasteiger partial charge in [0.15, 0.2) is 0 Å². The Morgan fingerprint density at radius 3 is 2.67 bits per heavy atom. The molecule has 4 heteroatoms. The van der Waals surface area contributed by atoms with Gasteiger partial charge in [0.05, 0.1) is 0 Å². The van der Waals surface area contributed by atoms with Crippen molar-refractivity contribution < 1.29 is 4.79 Å². The highest BCUT2D eigenvalue weighted by Crippen LogP contribution is 2.19. The lowest BCUT2D eigenvalue weighted by Gasteiger charge is -2.06. The minimum atomic E-state index is -0.0465. The van der Waals surface area contributed by atoms with E-state index in [9.17, 15) is 4.79 Å². The molecule has 2 aromatic carbocycles. The number of H-pyrrole nitrogens is 1. The Kier molecular flexibility index (Phi) is 4.96. The number of hydrogen-bond donors (Lipinski definition) is 3. The third-order valence-electron chi connectivity index (χ3n) is 4.10. The number of anilines is 1. The standard InChI is InChI=1S/C20H23N3O/c1-14-3-8-19-17(13-22-20(19)11-14)9-10-21-12-16-4-6-18(7-5-16)23-15(2)24/h3-8,11,13,21-22H,9-10,12H2,1-2H3,(H,23,24). The number of aromatic amines is 1. The Morgan fingerprint density at radius 2 is 1.92 bits per heavy atom. The molecule has 0 bridgehead atoms. The monoisotopic (exact) mass is 321 g/mol. The number of carbonyl (C=O) groups excluding carboxylic acids is 1. The zero-order valence-electron chi connectivity index (χ0n) is 14.1. The second kappa shape index (κ2) is 7.32. The van der Waals surface area contributed by atoms with Gasteiger partial charge in [-0.05, 0) is 54.8 Å². The summed E-state index contributed by atoms with van der Waals surface area (Å²) in [5, 5.41) is 7.56. The zero-order chi connectivity index (χ0) is 16.9. The van der Waals surface area contributed by atoms with Crippen molar-refractivity contribution in [2.24, 2.45) is 0 Å². The van der Waals surface area contributed by atoms with Crippen LogP contribution in [0.25, 0.3) is 10.9 Å². The van der Waals surface area contributed by atoms with Gasteiger partial charge in [-0.2, -0.15) is 0 Å². The molecule has 0 unspecified atom stereocenters. The first-order valence-corrected chi connectivity index (χ1v) is 8.26. The van der Waals surface area contributed by atoms with Gasteiger partial charge in [-0.1, -0.05) is 24.3 Å². The van der Waals surface area contributed by atoms with Crippen LogP contribution in [-0.4, -0.2) is 17.4 Å². The number of rotatable bonds is 6. The van der Waals surface area contributed by atoms with E-state index in [0.717, 1.165) is 25.2 Å². The first kappa shape index (κ1) is 16.3. The molecule has 3 N–H and O–H groups in total. The Hall–Kier alpha value is -2.59. The predicted molar refractivity (Wildman–Crippen MR) is 99.2 cm³/mol. The molecule has 0 aliphatic heterocycles. The largest absolute Gasteiger partial charge is 0.361 e. The summed E-state index contributed by atoms with van der Waals surface area (Å²) >= 11 is 0. The van der Waals surface area contributed by atoms with Crippen molar-refractivity contribution in [2.75, 3.05) is 11.9 Å². The van der Waals surface area contributed by atoms with Crippen molar-refractivity contribution in [1.82, 2.24) is 10.3 Å². The zero-order valence-corrected chi connectivity index (χ0v) is 14.1. The molecule has 1 aromatic heterocycles. The molecular formula is C20H23N3O. The summed E-state index contributed by atoms with van der Waals surface area (Å²) in [5.41, 5.74) is 5.87. The molecule has 0 saturated carbocycles. The summed E-state index contributed by atoms with van der Waals surface area (Å²) < 4.78 is 0. The Balaban J connectivity index is 1.50. The van der Waals surface area contributed by atoms with Crippen LogP contribution in [0.3, 0.4) is 0 Å². The Morgan fingerprint density at radius 1 is 1.12 bits per heavy atom. The van der Waals surface area contributed by atoms with Gasteiger partial charge < -0.3 is 15.6 Å². The number of carbonyl (C=O) groups is 1.